The van der Waals surface area contributed by atoms with E-state index in [2.05, 4.69) is 24.1 Å². The number of benzene rings is 1. The predicted molar refractivity (Wildman–Crippen MR) is 86.1 cm³/mol. The van der Waals surface area contributed by atoms with Gasteiger partial charge in [-0.05, 0) is 32.0 Å². The van der Waals surface area contributed by atoms with Crippen molar-refractivity contribution in [1.29, 1.82) is 0 Å². The van der Waals surface area contributed by atoms with E-state index in [1.54, 1.807) is 0 Å². The molecule has 4 heteroatoms. The molecule has 0 saturated heterocycles. The Hall–Kier alpha value is -1.39. The third kappa shape index (κ3) is 4.83. The van der Waals surface area contributed by atoms with Gasteiger partial charge in [0.1, 0.15) is 5.54 Å². The Bertz CT molecular complexity index is 432. The van der Waals surface area contributed by atoms with Gasteiger partial charge in [-0.1, -0.05) is 44.2 Å². The number of esters is 1. The molecule has 0 radical (unpaired) electrons. The van der Waals surface area contributed by atoms with Gasteiger partial charge in [0, 0.05) is 13.1 Å². The van der Waals surface area contributed by atoms with Crippen molar-refractivity contribution >= 4 is 5.97 Å². The van der Waals surface area contributed by atoms with Crippen molar-refractivity contribution in [2.45, 2.75) is 25.8 Å². The maximum absolute atomic E-state index is 12.5. The zero-order valence-corrected chi connectivity index (χ0v) is 13.8. The SMILES string of the molecule is COC(=O)C(CC(C)C)(NCCN(C)C)c1ccccc1. The number of carbonyl (C=O) groups is 1. The lowest BCUT2D eigenvalue weighted by Gasteiger charge is -2.34. The standard InChI is InChI=1S/C17H28N2O2/c1-14(2)13-17(16(20)21-5,18-11-12-19(3)4)15-9-7-6-8-10-15/h6-10,14,18H,11-13H2,1-5H3. The van der Waals surface area contributed by atoms with Crippen molar-refractivity contribution in [1.82, 2.24) is 10.2 Å². The van der Waals surface area contributed by atoms with Crippen LogP contribution in [0.1, 0.15) is 25.8 Å². The van der Waals surface area contributed by atoms with Crippen molar-refractivity contribution in [3.05, 3.63) is 35.9 Å². The quantitative estimate of drug-likeness (QED) is 0.746. The smallest absolute Gasteiger partial charge is 0.330 e. The summed E-state index contributed by atoms with van der Waals surface area (Å²) < 4.78 is 5.11. The number of carbonyl (C=O) groups excluding carboxylic acids is 1. The van der Waals surface area contributed by atoms with Crippen LogP contribution in [0.5, 0.6) is 0 Å². The second-order valence-corrected chi connectivity index (χ2v) is 6.09. The Morgan fingerprint density at radius 3 is 2.38 bits per heavy atom. The maximum atomic E-state index is 12.5. The van der Waals surface area contributed by atoms with Crippen molar-refractivity contribution < 1.29 is 9.53 Å². The fraction of sp³-hybridized carbons (Fsp3) is 0.588. The van der Waals surface area contributed by atoms with Crippen LogP contribution >= 0.6 is 0 Å². The second kappa shape index (κ2) is 8.15. The third-order valence-electron chi connectivity index (χ3n) is 3.50. The summed E-state index contributed by atoms with van der Waals surface area (Å²) in [5, 5.41) is 3.45. The lowest BCUT2D eigenvalue weighted by Crippen LogP contribution is -2.52. The number of rotatable bonds is 8. The van der Waals surface area contributed by atoms with E-state index in [4.69, 9.17) is 4.74 Å². The first kappa shape index (κ1) is 17.7. The number of methoxy groups -OCH3 is 1. The summed E-state index contributed by atoms with van der Waals surface area (Å²) in [4.78, 5) is 14.6. The Morgan fingerprint density at radius 1 is 1.29 bits per heavy atom. The monoisotopic (exact) mass is 292 g/mol. The summed E-state index contributed by atoms with van der Waals surface area (Å²) >= 11 is 0. The van der Waals surface area contributed by atoms with Crippen LogP contribution in [0.4, 0.5) is 0 Å². The molecule has 1 rings (SSSR count). The highest BCUT2D eigenvalue weighted by Crippen LogP contribution is 2.30. The van der Waals surface area contributed by atoms with Crippen LogP contribution in [0.15, 0.2) is 30.3 Å². The summed E-state index contributed by atoms with van der Waals surface area (Å²) in [5.41, 5.74) is 0.185. The normalized spacial score (nSPS) is 14.2. The highest BCUT2D eigenvalue weighted by atomic mass is 16.5. The van der Waals surface area contributed by atoms with Gasteiger partial charge in [-0.3, -0.25) is 5.32 Å². The Balaban J connectivity index is 3.12. The largest absolute Gasteiger partial charge is 0.467 e. The van der Waals surface area contributed by atoms with Gasteiger partial charge in [0.05, 0.1) is 7.11 Å². The van der Waals surface area contributed by atoms with E-state index in [-0.39, 0.29) is 5.97 Å². The molecule has 1 unspecified atom stereocenters. The molecule has 0 spiro atoms. The number of likely N-dealkylation sites (N-methyl/N-ethyl adjacent to an activating group) is 1. The lowest BCUT2D eigenvalue weighted by atomic mass is 9.82. The number of hydrogen-bond donors (Lipinski definition) is 1. The minimum Gasteiger partial charge on any atom is -0.467 e. The van der Waals surface area contributed by atoms with Gasteiger partial charge < -0.3 is 9.64 Å². The minimum absolute atomic E-state index is 0.221. The molecular formula is C17H28N2O2. The fourth-order valence-corrected chi connectivity index (χ4v) is 2.57. The van der Waals surface area contributed by atoms with Gasteiger partial charge in [0.15, 0.2) is 0 Å². The van der Waals surface area contributed by atoms with Crippen LogP contribution in [-0.4, -0.2) is 45.2 Å². The van der Waals surface area contributed by atoms with Gasteiger partial charge in [0.2, 0.25) is 0 Å². The van der Waals surface area contributed by atoms with E-state index < -0.39 is 5.54 Å². The van der Waals surface area contributed by atoms with Gasteiger partial charge in [-0.25, -0.2) is 4.79 Å². The second-order valence-electron chi connectivity index (χ2n) is 6.09. The first-order valence-electron chi connectivity index (χ1n) is 7.46. The number of ether oxygens (including phenoxy) is 1. The van der Waals surface area contributed by atoms with E-state index in [0.29, 0.717) is 12.3 Å². The van der Waals surface area contributed by atoms with Gasteiger partial charge >= 0.3 is 5.97 Å². The van der Waals surface area contributed by atoms with E-state index in [1.807, 2.05) is 44.4 Å². The fourth-order valence-electron chi connectivity index (χ4n) is 2.57. The Kier molecular flexibility index (Phi) is 6.85. The zero-order chi connectivity index (χ0) is 15.9. The van der Waals surface area contributed by atoms with Crippen LogP contribution in [-0.2, 0) is 15.1 Å². The van der Waals surface area contributed by atoms with Crippen LogP contribution in [0, 0.1) is 5.92 Å². The molecule has 4 nitrogen and oxygen atoms in total. The minimum atomic E-state index is -0.778. The van der Waals surface area contributed by atoms with E-state index >= 15 is 0 Å². The Morgan fingerprint density at radius 2 is 1.90 bits per heavy atom. The molecule has 0 amide bonds. The molecule has 0 aliphatic rings. The molecule has 0 heterocycles. The third-order valence-corrected chi connectivity index (χ3v) is 3.50. The molecule has 0 saturated carbocycles. The molecular weight excluding hydrogens is 264 g/mol. The van der Waals surface area contributed by atoms with Crippen LogP contribution in [0.2, 0.25) is 0 Å². The van der Waals surface area contributed by atoms with Crippen molar-refractivity contribution in [3.8, 4) is 0 Å². The number of nitrogens with zero attached hydrogens (tertiary/aromatic N) is 1. The first-order valence-corrected chi connectivity index (χ1v) is 7.46. The first-order chi connectivity index (χ1) is 9.92. The number of hydrogen-bond acceptors (Lipinski definition) is 4. The molecule has 0 fully saturated rings. The zero-order valence-electron chi connectivity index (χ0n) is 13.8. The summed E-state index contributed by atoms with van der Waals surface area (Å²) in [6.07, 6.45) is 0.705. The topological polar surface area (TPSA) is 41.6 Å². The lowest BCUT2D eigenvalue weighted by molar-refractivity contribution is -0.150. The molecule has 1 atom stereocenters. The average molecular weight is 292 g/mol. The van der Waals surface area contributed by atoms with E-state index in [0.717, 1.165) is 18.7 Å². The van der Waals surface area contributed by atoms with Gasteiger partial charge in [-0.2, -0.15) is 0 Å². The highest BCUT2D eigenvalue weighted by molar-refractivity contribution is 5.82. The molecule has 1 aromatic carbocycles. The van der Waals surface area contributed by atoms with Crippen LogP contribution in [0.25, 0.3) is 0 Å². The number of nitrogens with one attached hydrogen (secondary N) is 1. The molecule has 118 valence electrons. The van der Waals surface area contributed by atoms with Gasteiger partial charge in [-0.15, -0.1) is 0 Å². The summed E-state index contributed by atoms with van der Waals surface area (Å²) in [7, 11) is 5.49. The summed E-state index contributed by atoms with van der Waals surface area (Å²) in [6, 6.07) is 9.85. The summed E-state index contributed by atoms with van der Waals surface area (Å²) in [5.74, 6) is 0.150. The maximum Gasteiger partial charge on any atom is 0.330 e. The molecule has 21 heavy (non-hydrogen) atoms. The molecule has 1 aromatic rings. The molecule has 0 aliphatic heterocycles. The van der Waals surface area contributed by atoms with Crippen molar-refractivity contribution in [2.24, 2.45) is 5.92 Å². The molecule has 1 N–H and O–H groups in total. The van der Waals surface area contributed by atoms with Gasteiger partial charge in [0.25, 0.3) is 0 Å². The average Bonchev–Trinajstić information content (AvgIpc) is 2.45. The Labute approximate surface area is 128 Å². The summed E-state index contributed by atoms with van der Waals surface area (Å²) in [6.45, 7) is 5.83. The van der Waals surface area contributed by atoms with E-state index in [1.165, 1.54) is 7.11 Å². The molecule has 0 aromatic heterocycles. The highest BCUT2D eigenvalue weighted by Gasteiger charge is 2.41. The van der Waals surface area contributed by atoms with Crippen molar-refractivity contribution in [3.63, 3.8) is 0 Å². The van der Waals surface area contributed by atoms with E-state index in [9.17, 15) is 4.79 Å². The molecule has 0 bridgehead atoms. The van der Waals surface area contributed by atoms with Crippen molar-refractivity contribution in [2.75, 3.05) is 34.3 Å². The molecule has 0 aliphatic carbocycles. The van der Waals surface area contributed by atoms with Crippen LogP contribution < -0.4 is 5.32 Å². The van der Waals surface area contributed by atoms with Crippen LogP contribution in [0.3, 0.4) is 0 Å². The predicted octanol–water partition coefficient (Wildman–Crippen LogP) is 2.25.